The number of hydrogen-bond donors (Lipinski definition) is 2. The van der Waals surface area contributed by atoms with Crippen LogP contribution in [0.5, 0.6) is 0 Å². The molecule has 3 aliphatic rings. The maximum Gasteiger partial charge on any atom is 0.119 e. The third-order valence-electron chi connectivity index (χ3n) is 5.92. The van der Waals surface area contributed by atoms with Crippen LogP contribution < -0.4 is 0 Å². The van der Waals surface area contributed by atoms with Gasteiger partial charge in [-0.1, -0.05) is 30.4 Å². The van der Waals surface area contributed by atoms with Gasteiger partial charge < -0.3 is 10.2 Å². The average Bonchev–Trinajstić information content (AvgIpc) is 3.03. The zero-order chi connectivity index (χ0) is 15.3. The highest BCUT2D eigenvalue weighted by Crippen LogP contribution is 2.66. The molecule has 0 aliphatic heterocycles. The van der Waals surface area contributed by atoms with Crippen LogP contribution in [-0.2, 0) is 0 Å². The fourth-order valence-electron chi connectivity index (χ4n) is 4.66. The quantitative estimate of drug-likeness (QED) is 0.604. The van der Waals surface area contributed by atoms with Gasteiger partial charge in [-0.25, -0.2) is 0 Å². The Hall–Kier alpha value is -0.780. The summed E-state index contributed by atoms with van der Waals surface area (Å²) >= 11 is 0. The molecule has 0 amide bonds. The first-order chi connectivity index (χ1) is 9.77. The normalized spacial score (nSPS) is 37.3. The summed E-state index contributed by atoms with van der Waals surface area (Å²) in [6.07, 6.45) is 9.93. The van der Waals surface area contributed by atoms with E-state index in [0.717, 1.165) is 25.7 Å². The summed E-state index contributed by atoms with van der Waals surface area (Å²) < 4.78 is 0. The zero-order valence-electron chi connectivity index (χ0n) is 13.6. The molecule has 0 heterocycles. The molecule has 2 nitrogen and oxygen atoms in total. The monoisotopic (exact) mass is 288 g/mol. The molecule has 3 aliphatic carbocycles. The first-order valence-electron chi connectivity index (χ1n) is 8.39. The fourth-order valence-corrected chi connectivity index (χ4v) is 4.66. The van der Waals surface area contributed by atoms with Gasteiger partial charge in [0.25, 0.3) is 0 Å². The molecule has 0 bridgehead atoms. The van der Waals surface area contributed by atoms with E-state index in [-0.39, 0.29) is 16.9 Å². The van der Waals surface area contributed by atoms with Crippen molar-refractivity contribution >= 4 is 0 Å². The lowest BCUT2D eigenvalue weighted by Crippen LogP contribution is -2.40. The predicted molar refractivity (Wildman–Crippen MR) is 84.5 cm³/mol. The largest absolute Gasteiger partial charge is 0.393 e. The highest BCUT2D eigenvalue weighted by molar-refractivity contribution is 5.36. The lowest BCUT2D eigenvalue weighted by molar-refractivity contribution is 0.00690. The third-order valence-corrected chi connectivity index (χ3v) is 5.92. The molecular formula is C19H28O2. The predicted octanol–water partition coefficient (Wildman–Crippen LogP) is 3.43. The molecule has 0 aromatic heterocycles. The second-order valence-electron chi connectivity index (χ2n) is 8.15. The van der Waals surface area contributed by atoms with E-state index in [1.165, 1.54) is 19.3 Å². The molecule has 2 fully saturated rings. The highest BCUT2D eigenvalue weighted by Gasteiger charge is 2.57. The Morgan fingerprint density at radius 3 is 2.67 bits per heavy atom. The van der Waals surface area contributed by atoms with E-state index < -0.39 is 5.60 Å². The van der Waals surface area contributed by atoms with E-state index >= 15 is 0 Å². The van der Waals surface area contributed by atoms with Crippen LogP contribution in [0.15, 0.2) is 11.6 Å². The van der Waals surface area contributed by atoms with Crippen LogP contribution in [0, 0.1) is 28.6 Å². The van der Waals surface area contributed by atoms with Gasteiger partial charge in [-0.3, -0.25) is 0 Å². The minimum atomic E-state index is -0.895. The Balaban J connectivity index is 1.79. The summed E-state index contributed by atoms with van der Waals surface area (Å²) in [5, 5.41) is 20.1. The lowest BCUT2D eigenvalue weighted by atomic mass is 9.62. The Morgan fingerprint density at radius 1 is 1.33 bits per heavy atom. The molecule has 3 atom stereocenters. The first-order valence-corrected chi connectivity index (χ1v) is 8.39. The van der Waals surface area contributed by atoms with Gasteiger partial charge in [0.05, 0.1) is 6.10 Å². The summed E-state index contributed by atoms with van der Waals surface area (Å²) in [4.78, 5) is 0. The van der Waals surface area contributed by atoms with E-state index in [1.54, 1.807) is 19.4 Å². The summed E-state index contributed by atoms with van der Waals surface area (Å²) in [5.41, 5.74) is 1.11. The number of hydrogen-bond acceptors (Lipinski definition) is 2. The summed E-state index contributed by atoms with van der Waals surface area (Å²) in [6, 6.07) is 0. The molecule has 0 spiro atoms. The molecule has 2 N–H and O–H groups in total. The van der Waals surface area contributed by atoms with Gasteiger partial charge in [0, 0.05) is 11.8 Å². The van der Waals surface area contributed by atoms with Gasteiger partial charge in [0.1, 0.15) is 5.60 Å². The number of fused-ring (bicyclic) bond motifs is 1. The van der Waals surface area contributed by atoms with Crippen LogP contribution in [0.4, 0.5) is 0 Å². The molecular weight excluding hydrogens is 260 g/mol. The Kier molecular flexibility index (Phi) is 3.50. The third kappa shape index (κ3) is 2.67. The van der Waals surface area contributed by atoms with Crippen molar-refractivity contribution in [2.24, 2.45) is 16.7 Å². The van der Waals surface area contributed by atoms with E-state index in [0.29, 0.717) is 5.92 Å². The van der Waals surface area contributed by atoms with Crippen LogP contribution in [0.3, 0.4) is 0 Å². The molecule has 21 heavy (non-hydrogen) atoms. The topological polar surface area (TPSA) is 40.5 Å². The van der Waals surface area contributed by atoms with Crippen molar-refractivity contribution in [2.75, 3.05) is 0 Å². The van der Waals surface area contributed by atoms with Gasteiger partial charge in [-0.2, -0.15) is 0 Å². The van der Waals surface area contributed by atoms with Gasteiger partial charge >= 0.3 is 0 Å². The molecule has 0 radical (unpaired) electrons. The maximum absolute atomic E-state index is 10.3. The van der Waals surface area contributed by atoms with Crippen molar-refractivity contribution in [3.63, 3.8) is 0 Å². The van der Waals surface area contributed by atoms with E-state index in [2.05, 4.69) is 24.8 Å². The Morgan fingerprint density at radius 2 is 2.05 bits per heavy atom. The molecule has 2 heteroatoms. The first kappa shape index (κ1) is 15.1. The summed E-state index contributed by atoms with van der Waals surface area (Å²) in [5.74, 6) is 6.61. The second kappa shape index (κ2) is 4.86. The van der Waals surface area contributed by atoms with E-state index in [1.807, 2.05) is 0 Å². The minimum Gasteiger partial charge on any atom is -0.393 e. The van der Waals surface area contributed by atoms with Crippen molar-refractivity contribution in [1.82, 2.24) is 0 Å². The van der Waals surface area contributed by atoms with Crippen LogP contribution in [0.1, 0.15) is 65.7 Å². The Bertz CT molecular complexity index is 510. The van der Waals surface area contributed by atoms with Crippen LogP contribution >= 0.6 is 0 Å². The molecule has 3 rings (SSSR count). The van der Waals surface area contributed by atoms with Crippen LogP contribution in [-0.4, -0.2) is 21.9 Å². The van der Waals surface area contributed by atoms with Crippen molar-refractivity contribution < 1.29 is 10.2 Å². The molecule has 0 aromatic carbocycles. The van der Waals surface area contributed by atoms with Gasteiger partial charge in [0.15, 0.2) is 0 Å². The van der Waals surface area contributed by atoms with Crippen LogP contribution in [0.25, 0.3) is 0 Å². The smallest absolute Gasteiger partial charge is 0.119 e. The molecule has 116 valence electrons. The molecule has 2 saturated carbocycles. The number of aliphatic hydroxyl groups excluding tert-OH is 1. The number of allylic oxidation sites excluding steroid dienone is 2. The summed E-state index contributed by atoms with van der Waals surface area (Å²) in [6.45, 7) is 5.84. The number of rotatable bonds is 2. The summed E-state index contributed by atoms with van der Waals surface area (Å²) in [7, 11) is 0. The second-order valence-corrected chi connectivity index (χ2v) is 8.15. The van der Waals surface area contributed by atoms with Gasteiger partial charge in [0.2, 0.25) is 0 Å². The zero-order valence-corrected chi connectivity index (χ0v) is 13.6. The molecule has 0 unspecified atom stereocenters. The van der Waals surface area contributed by atoms with Crippen molar-refractivity contribution in [2.45, 2.75) is 77.4 Å². The molecule has 0 aromatic rings. The maximum atomic E-state index is 10.3. The minimum absolute atomic E-state index is 0.129. The van der Waals surface area contributed by atoms with Gasteiger partial charge in [-0.05, 0) is 63.7 Å². The SMILES string of the molecule is CC(C)(O)C#CCC1(C2=CC[C@H]3[C@@H](O)CCC[C@@]23C)CC1. The lowest BCUT2D eigenvalue weighted by Gasteiger charge is -2.44. The van der Waals surface area contributed by atoms with Crippen molar-refractivity contribution in [3.8, 4) is 11.8 Å². The molecule has 0 saturated heterocycles. The average molecular weight is 288 g/mol. The van der Waals surface area contributed by atoms with Gasteiger partial charge in [-0.15, -0.1) is 0 Å². The van der Waals surface area contributed by atoms with Crippen LogP contribution in [0.2, 0.25) is 0 Å². The standard InChI is InChI=1S/C19H28O2/c1-17(2,21)9-5-11-19(12-13-19)16-8-7-14-15(20)6-4-10-18(14,16)3/h8,14-15,20-21H,4,6-7,10-13H2,1-3H3/t14-,15-,18+/m0/s1. The van der Waals surface area contributed by atoms with Crippen molar-refractivity contribution in [1.29, 1.82) is 0 Å². The number of aliphatic hydroxyl groups is 2. The van der Waals surface area contributed by atoms with E-state index in [9.17, 15) is 10.2 Å². The van der Waals surface area contributed by atoms with Crippen molar-refractivity contribution in [3.05, 3.63) is 11.6 Å². The highest BCUT2D eigenvalue weighted by atomic mass is 16.3. The van der Waals surface area contributed by atoms with E-state index in [4.69, 9.17) is 0 Å². The Labute approximate surface area is 128 Å². The fraction of sp³-hybridized carbons (Fsp3) is 0.789.